The smallest absolute Gasteiger partial charge is 0.387 e. The van der Waals surface area contributed by atoms with Crippen LogP contribution in [-0.4, -0.2) is 32.6 Å². The van der Waals surface area contributed by atoms with E-state index in [1.807, 2.05) is 0 Å². The van der Waals surface area contributed by atoms with Gasteiger partial charge in [-0.2, -0.15) is 8.78 Å². The molecule has 0 fully saturated rings. The minimum Gasteiger partial charge on any atom is -0.435 e. The number of rotatable bonds is 7. The van der Waals surface area contributed by atoms with E-state index >= 15 is 0 Å². The maximum atomic E-state index is 13.6. The summed E-state index contributed by atoms with van der Waals surface area (Å²) in [7, 11) is 0. The number of carbonyl (C=O) groups excluding carboxylic acids is 1. The molecule has 1 aromatic heterocycles. The minimum atomic E-state index is -2.92. The third-order valence-corrected chi connectivity index (χ3v) is 5.15. The Labute approximate surface area is 174 Å². The van der Waals surface area contributed by atoms with Gasteiger partial charge in [0.25, 0.3) is 0 Å². The number of halogens is 3. The maximum absolute atomic E-state index is 13.6. The first-order valence-corrected chi connectivity index (χ1v) is 9.62. The van der Waals surface area contributed by atoms with E-state index in [-0.39, 0.29) is 22.6 Å². The van der Waals surface area contributed by atoms with E-state index in [1.54, 1.807) is 26.0 Å². The molecule has 1 atom stereocenters. The summed E-state index contributed by atoms with van der Waals surface area (Å²) in [5.74, 6) is 5.55. The molecule has 0 bridgehead atoms. The lowest BCUT2D eigenvalue weighted by Gasteiger charge is -2.12. The largest absolute Gasteiger partial charge is 0.435 e. The van der Waals surface area contributed by atoms with Gasteiger partial charge in [-0.05, 0) is 55.8 Å². The van der Waals surface area contributed by atoms with Crippen molar-refractivity contribution in [3.8, 4) is 17.1 Å². The number of alkyl halides is 2. The highest BCUT2D eigenvalue weighted by Crippen LogP contribution is 2.27. The summed E-state index contributed by atoms with van der Waals surface area (Å²) in [5, 5.41) is 10.3. The number of carbonyl (C=O) groups is 1. The van der Waals surface area contributed by atoms with Crippen LogP contribution in [0.1, 0.15) is 12.5 Å². The van der Waals surface area contributed by atoms with Crippen LogP contribution in [0.4, 0.5) is 18.9 Å². The monoisotopic (exact) mass is 437 g/mol. The summed E-state index contributed by atoms with van der Waals surface area (Å²) >= 11 is 1.07. The number of nitrogen functional groups attached to an aromatic ring is 1. The molecule has 158 valence electrons. The Bertz CT molecular complexity index is 1040. The molecule has 0 aliphatic carbocycles. The van der Waals surface area contributed by atoms with Gasteiger partial charge < -0.3 is 15.9 Å². The normalized spacial score (nSPS) is 12.1. The van der Waals surface area contributed by atoms with E-state index in [0.717, 1.165) is 11.8 Å². The van der Waals surface area contributed by atoms with Crippen molar-refractivity contribution in [3.63, 3.8) is 0 Å². The van der Waals surface area contributed by atoms with Gasteiger partial charge >= 0.3 is 6.61 Å². The van der Waals surface area contributed by atoms with Gasteiger partial charge in [0.1, 0.15) is 11.6 Å². The van der Waals surface area contributed by atoms with Crippen molar-refractivity contribution in [2.24, 2.45) is 0 Å². The zero-order valence-corrected chi connectivity index (χ0v) is 16.8. The fourth-order valence-corrected chi connectivity index (χ4v) is 3.24. The third kappa shape index (κ3) is 5.03. The van der Waals surface area contributed by atoms with Crippen molar-refractivity contribution >= 4 is 23.4 Å². The van der Waals surface area contributed by atoms with E-state index in [1.165, 1.54) is 35.0 Å². The predicted octanol–water partition coefficient (Wildman–Crippen LogP) is 3.83. The lowest BCUT2D eigenvalue weighted by Crippen LogP contribution is -2.23. The lowest BCUT2D eigenvalue weighted by atomic mass is 10.2. The molecule has 3 aromatic rings. The van der Waals surface area contributed by atoms with Crippen LogP contribution in [0, 0.1) is 12.7 Å². The van der Waals surface area contributed by atoms with Crippen molar-refractivity contribution in [1.82, 2.24) is 14.9 Å². The maximum Gasteiger partial charge on any atom is 0.387 e. The number of benzene rings is 2. The summed E-state index contributed by atoms with van der Waals surface area (Å²) in [4.78, 5) is 12.4. The molecular formula is C19H18F3N5O2S. The number of aromatic nitrogens is 3. The molecule has 2 aromatic carbocycles. The molecule has 3 rings (SSSR count). The molecule has 0 spiro atoms. The number of nitrogens with two attached hydrogens (primary N) is 1. The number of nitrogens with zero attached hydrogens (tertiary/aromatic N) is 3. The Morgan fingerprint density at radius 2 is 1.90 bits per heavy atom. The van der Waals surface area contributed by atoms with Gasteiger partial charge in [0.05, 0.1) is 5.25 Å². The number of aryl methyl sites for hydroxylation is 1. The lowest BCUT2D eigenvalue weighted by molar-refractivity contribution is -0.115. The molecule has 3 N–H and O–H groups in total. The molecule has 7 nitrogen and oxygen atoms in total. The number of nitrogens with one attached hydrogen (secondary N) is 1. The standard InChI is InChI=1S/C19H18F3N5O2S/c1-10-3-6-13(9-15(10)20)24-17(28)11(2)30-19-26-25-16(27(19)23)12-4-7-14(8-5-12)29-18(21)22/h3-9,11,18H,23H2,1-2H3,(H,24,28). The van der Waals surface area contributed by atoms with Crippen molar-refractivity contribution in [1.29, 1.82) is 0 Å². The van der Waals surface area contributed by atoms with E-state index in [9.17, 15) is 18.0 Å². The van der Waals surface area contributed by atoms with Gasteiger partial charge in [-0.3, -0.25) is 4.79 Å². The first kappa shape index (κ1) is 21.5. The Morgan fingerprint density at radius 3 is 2.53 bits per heavy atom. The van der Waals surface area contributed by atoms with Gasteiger partial charge in [0.2, 0.25) is 11.1 Å². The van der Waals surface area contributed by atoms with Gasteiger partial charge in [0, 0.05) is 11.3 Å². The Hall–Kier alpha value is -3.21. The summed E-state index contributed by atoms with van der Waals surface area (Å²) in [6, 6.07) is 10.2. The van der Waals surface area contributed by atoms with E-state index < -0.39 is 17.7 Å². The topological polar surface area (TPSA) is 95.1 Å². The molecular weight excluding hydrogens is 419 g/mol. The van der Waals surface area contributed by atoms with Crippen molar-refractivity contribution < 1.29 is 22.7 Å². The van der Waals surface area contributed by atoms with Crippen LogP contribution in [0.5, 0.6) is 5.75 Å². The molecule has 0 aliphatic rings. The van der Waals surface area contributed by atoms with Crippen LogP contribution in [0.3, 0.4) is 0 Å². The zero-order valence-electron chi connectivity index (χ0n) is 16.0. The average Bonchev–Trinajstić information content (AvgIpc) is 3.05. The van der Waals surface area contributed by atoms with Crippen molar-refractivity contribution in [2.45, 2.75) is 30.9 Å². The summed E-state index contributed by atoms with van der Waals surface area (Å²) in [6.45, 7) is 0.362. The number of ether oxygens (including phenoxy) is 1. The Kier molecular flexibility index (Phi) is 6.50. The molecule has 11 heteroatoms. The highest BCUT2D eigenvalue weighted by Gasteiger charge is 2.20. The summed E-state index contributed by atoms with van der Waals surface area (Å²) in [6.07, 6.45) is 0. The van der Waals surface area contributed by atoms with E-state index in [2.05, 4.69) is 20.3 Å². The second-order valence-electron chi connectivity index (χ2n) is 6.29. The van der Waals surface area contributed by atoms with Crippen LogP contribution in [-0.2, 0) is 4.79 Å². The van der Waals surface area contributed by atoms with Gasteiger partial charge in [-0.15, -0.1) is 10.2 Å². The second-order valence-corrected chi connectivity index (χ2v) is 7.60. The zero-order chi connectivity index (χ0) is 21.8. The highest BCUT2D eigenvalue weighted by atomic mass is 32.2. The molecule has 0 saturated heterocycles. The molecule has 0 aliphatic heterocycles. The number of thioether (sulfide) groups is 1. The van der Waals surface area contributed by atoms with Crippen LogP contribution >= 0.6 is 11.8 Å². The molecule has 0 saturated carbocycles. The average molecular weight is 437 g/mol. The number of amides is 1. The van der Waals surface area contributed by atoms with Gasteiger partial charge in [0.15, 0.2) is 5.82 Å². The first-order valence-electron chi connectivity index (χ1n) is 8.74. The van der Waals surface area contributed by atoms with Crippen molar-refractivity contribution in [3.05, 3.63) is 53.8 Å². The molecule has 1 unspecified atom stereocenters. The molecule has 30 heavy (non-hydrogen) atoms. The van der Waals surface area contributed by atoms with E-state index in [4.69, 9.17) is 5.84 Å². The summed E-state index contributed by atoms with van der Waals surface area (Å²) < 4.78 is 43.6. The number of hydrogen-bond donors (Lipinski definition) is 2. The highest BCUT2D eigenvalue weighted by molar-refractivity contribution is 8.00. The Morgan fingerprint density at radius 1 is 1.20 bits per heavy atom. The summed E-state index contributed by atoms with van der Waals surface area (Å²) in [5.41, 5.74) is 1.36. The number of anilines is 1. The third-order valence-electron chi connectivity index (χ3n) is 4.09. The molecule has 1 heterocycles. The fraction of sp³-hybridized carbons (Fsp3) is 0.211. The predicted molar refractivity (Wildman–Crippen MR) is 107 cm³/mol. The van der Waals surface area contributed by atoms with Crippen LogP contribution in [0.25, 0.3) is 11.4 Å². The molecule has 1 amide bonds. The van der Waals surface area contributed by atoms with Crippen LogP contribution in [0.15, 0.2) is 47.6 Å². The van der Waals surface area contributed by atoms with Crippen LogP contribution in [0.2, 0.25) is 0 Å². The first-order chi connectivity index (χ1) is 14.2. The quantitative estimate of drug-likeness (QED) is 0.431. The van der Waals surface area contributed by atoms with Gasteiger partial charge in [-0.1, -0.05) is 17.8 Å². The van der Waals surface area contributed by atoms with Crippen molar-refractivity contribution in [2.75, 3.05) is 11.2 Å². The SMILES string of the molecule is Cc1ccc(NC(=O)C(C)Sc2nnc(-c3ccc(OC(F)F)cc3)n2N)cc1F. The van der Waals surface area contributed by atoms with Gasteiger partial charge in [-0.25, -0.2) is 9.07 Å². The van der Waals surface area contributed by atoms with E-state index in [0.29, 0.717) is 16.8 Å². The fourth-order valence-electron chi connectivity index (χ4n) is 2.47. The molecule has 0 radical (unpaired) electrons. The number of hydrogen-bond acceptors (Lipinski definition) is 6. The second kappa shape index (κ2) is 9.08. The van der Waals surface area contributed by atoms with Crippen LogP contribution < -0.4 is 15.9 Å². The minimum absolute atomic E-state index is 0.00395. The Balaban J connectivity index is 1.67.